The molecule has 19 heavy (non-hydrogen) atoms. The van der Waals surface area contributed by atoms with Crippen molar-refractivity contribution in [3.8, 4) is 0 Å². The number of nitrogens with one attached hydrogen (secondary N) is 1. The van der Waals surface area contributed by atoms with Crippen molar-refractivity contribution in [3.05, 3.63) is 58.1 Å². The zero-order valence-corrected chi connectivity index (χ0v) is 11.4. The second kappa shape index (κ2) is 6.50. The second-order valence-corrected chi connectivity index (χ2v) is 4.69. The zero-order chi connectivity index (χ0) is 13.7. The first-order valence-corrected chi connectivity index (χ1v) is 6.41. The lowest BCUT2D eigenvalue weighted by atomic mass is 10.1. The summed E-state index contributed by atoms with van der Waals surface area (Å²) in [6.45, 7) is 0.493. The molecule has 2 aromatic rings. The lowest BCUT2D eigenvalue weighted by Gasteiger charge is -2.05. The Kier molecular flexibility index (Phi) is 4.71. The van der Waals surface area contributed by atoms with Gasteiger partial charge < -0.3 is 5.32 Å². The third kappa shape index (κ3) is 4.19. The van der Waals surface area contributed by atoms with Crippen molar-refractivity contribution in [2.75, 3.05) is 6.54 Å². The SMILES string of the molecule is O=C(NCCc1cccc(Cl)c1)c1cncc(Cl)n1. The molecule has 0 aliphatic carbocycles. The predicted octanol–water partition coefficient (Wildman–Crippen LogP) is 2.76. The Morgan fingerprint density at radius 1 is 1.26 bits per heavy atom. The Balaban J connectivity index is 1.87. The van der Waals surface area contributed by atoms with Gasteiger partial charge in [-0.15, -0.1) is 0 Å². The van der Waals surface area contributed by atoms with Crippen molar-refractivity contribution in [2.24, 2.45) is 0 Å². The number of rotatable bonds is 4. The van der Waals surface area contributed by atoms with E-state index in [1.807, 2.05) is 24.3 Å². The number of hydrogen-bond donors (Lipinski definition) is 1. The summed E-state index contributed by atoms with van der Waals surface area (Å²) in [4.78, 5) is 19.4. The third-order valence-electron chi connectivity index (χ3n) is 2.43. The van der Waals surface area contributed by atoms with Gasteiger partial charge in [-0.25, -0.2) is 4.98 Å². The van der Waals surface area contributed by atoms with Gasteiger partial charge in [-0.2, -0.15) is 0 Å². The van der Waals surface area contributed by atoms with E-state index in [0.29, 0.717) is 18.0 Å². The summed E-state index contributed by atoms with van der Waals surface area (Å²) in [5, 5.41) is 3.63. The van der Waals surface area contributed by atoms with E-state index in [2.05, 4.69) is 15.3 Å². The van der Waals surface area contributed by atoms with Gasteiger partial charge in [0, 0.05) is 11.6 Å². The van der Waals surface area contributed by atoms with E-state index in [0.717, 1.165) is 5.56 Å². The molecule has 6 heteroatoms. The lowest BCUT2D eigenvalue weighted by molar-refractivity contribution is 0.0949. The van der Waals surface area contributed by atoms with Crippen molar-refractivity contribution in [2.45, 2.75) is 6.42 Å². The Bertz CT molecular complexity index is 590. The molecule has 0 atom stereocenters. The number of aromatic nitrogens is 2. The van der Waals surface area contributed by atoms with Crippen molar-refractivity contribution in [3.63, 3.8) is 0 Å². The maximum Gasteiger partial charge on any atom is 0.271 e. The van der Waals surface area contributed by atoms with Crippen molar-refractivity contribution in [1.29, 1.82) is 0 Å². The van der Waals surface area contributed by atoms with Crippen molar-refractivity contribution >= 4 is 29.1 Å². The van der Waals surface area contributed by atoms with Crippen LogP contribution in [0.1, 0.15) is 16.1 Å². The van der Waals surface area contributed by atoms with Crippen molar-refractivity contribution < 1.29 is 4.79 Å². The molecule has 0 fully saturated rings. The molecule has 1 aromatic carbocycles. The molecule has 1 aromatic heterocycles. The van der Waals surface area contributed by atoms with E-state index >= 15 is 0 Å². The smallest absolute Gasteiger partial charge is 0.271 e. The molecule has 4 nitrogen and oxygen atoms in total. The molecule has 0 aliphatic rings. The van der Waals surface area contributed by atoms with Gasteiger partial charge in [-0.05, 0) is 24.1 Å². The number of carbonyl (C=O) groups excluding carboxylic acids is 1. The minimum absolute atomic E-state index is 0.197. The molecular weight excluding hydrogens is 285 g/mol. The average molecular weight is 296 g/mol. The minimum Gasteiger partial charge on any atom is -0.350 e. The van der Waals surface area contributed by atoms with Crippen LogP contribution in [0.4, 0.5) is 0 Å². The van der Waals surface area contributed by atoms with Crippen LogP contribution in [0.5, 0.6) is 0 Å². The molecule has 2 rings (SSSR count). The lowest BCUT2D eigenvalue weighted by Crippen LogP contribution is -2.26. The summed E-state index contributed by atoms with van der Waals surface area (Å²) in [5.41, 5.74) is 1.27. The van der Waals surface area contributed by atoms with Crippen LogP contribution in [0.25, 0.3) is 0 Å². The maximum absolute atomic E-state index is 11.8. The number of nitrogens with zero attached hydrogens (tertiary/aromatic N) is 2. The number of halogens is 2. The molecule has 0 bridgehead atoms. The maximum atomic E-state index is 11.8. The van der Waals surface area contributed by atoms with Crippen LogP contribution >= 0.6 is 23.2 Å². The number of benzene rings is 1. The molecule has 0 radical (unpaired) electrons. The molecule has 1 amide bonds. The molecule has 1 N–H and O–H groups in total. The Hall–Kier alpha value is -1.65. The van der Waals surface area contributed by atoms with Gasteiger partial charge >= 0.3 is 0 Å². The standard InChI is InChI=1S/C13H11Cl2N3O/c14-10-3-1-2-9(6-10)4-5-17-13(19)11-7-16-8-12(15)18-11/h1-3,6-8H,4-5H2,(H,17,19). The number of hydrogen-bond acceptors (Lipinski definition) is 3. The Morgan fingerprint density at radius 2 is 2.11 bits per heavy atom. The van der Waals surface area contributed by atoms with E-state index in [1.165, 1.54) is 12.4 Å². The first-order valence-electron chi connectivity index (χ1n) is 5.65. The van der Waals surface area contributed by atoms with Gasteiger partial charge in [0.15, 0.2) is 0 Å². The summed E-state index contributed by atoms with van der Waals surface area (Å²) in [6, 6.07) is 7.51. The number of carbonyl (C=O) groups is 1. The van der Waals surface area contributed by atoms with Crippen LogP contribution in [0.2, 0.25) is 10.2 Å². The highest BCUT2D eigenvalue weighted by Crippen LogP contribution is 2.10. The van der Waals surface area contributed by atoms with Gasteiger partial charge in [-0.3, -0.25) is 9.78 Å². The van der Waals surface area contributed by atoms with E-state index in [1.54, 1.807) is 0 Å². The normalized spacial score (nSPS) is 10.2. The fraction of sp³-hybridized carbons (Fsp3) is 0.154. The fourth-order valence-electron chi connectivity index (χ4n) is 1.55. The van der Waals surface area contributed by atoms with Gasteiger partial charge in [0.25, 0.3) is 5.91 Å². The highest BCUT2D eigenvalue weighted by Gasteiger charge is 2.07. The first-order chi connectivity index (χ1) is 9.15. The summed E-state index contributed by atoms with van der Waals surface area (Å²) >= 11 is 11.5. The molecule has 0 saturated carbocycles. The van der Waals surface area contributed by atoms with Gasteiger partial charge in [0.2, 0.25) is 0 Å². The van der Waals surface area contributed by atoms with E-state index in [4.69, 9.17) is 23.2 Å². The summed E-state index contributed by atoms with van der Waals surface area (Å²) in [5.74, 6) is -0.294. The van der Waals surface area contributed by atoms with Crippen LogP contribution in [-0.2, 0) is 6.42 Å². The second-order valence-electron chi connectivity index (χ2n) is 3.86. The third-order valence-corrected chi connectivity index (χ3v) is 2.84. The topological polar surface area (TPSA) is 54.9 Å². The molecule has 0 saturated heterocycles. The van der Waals surface area contributed by atoms with Crippen LogP contribution in [0.3, 0.4) is 0 Å². The Labute approximate surface area is 120 Å². The fourth-order valence-corrected chi connectivity index (χ4v) is 1.92. The van der Waals surface area contributed by atoms with E-state index in [-0.39, 0.29) is 16.8 Å². The average Bonchev–Trinajstić information content (AvgIpc) is 2.38. The molecular formula is C13H11Cl2N3O. The molecule has 1 heterocycles. The first kappa shape index (κ1) is 13.8. The summed E-state index contributed by atoms with van der Waals surface area (Å²) in [6.07, 6.45) is 3.45. The van der Waals surface area contributed by atoms with Gasteiger partial charge in [0.05, 0.1) is 12.4 Å². The number of amides is 1. The highest BCUT2D eigenvalue weighted by molar-refractivity contribution is 6.30. The molecule has 98 valence electrons. The molecule has 0 aliphatic heterocycles. The van der Waals surface area contributed by atoms with Gasteiger partial charge in [0.1, 0.15) is 10.8 Å². The van der Waals surface area contributed by atoms with Crippen molar-refractivity contribution in [1.82, 2.24) is 15.3 Å². The predicted molar refractivity (Wildman–Crippen MR) is 74.5 cm³/mol. The molecule has 0 spiro atoms. The van der Waals surface area contributed by atoms with Crippen LogP contribution < -0.4 is 5.32 Å². The monoisotopic (exact) mass is 295 g/mol. The van der Waals surface area contributed by atoms with Crippen LogP contribution in [0, 0.1) is 0 Å². The largest absolute Gasteiger partial charge is 0.350 e. The summed E-state index contributed by atoms with van der Waals surface area (Å²) in [7, 11) is 0. The summed E-state index contributed by atoms with van der Waals surface area (Å²) < 4.78 is 0. The van der Waals surface area contributed by atoms with Crippen LogP contribution in [0.15, 0.2) is 36.7 Å². The van der Waals surface area contributed by atoms with Gasteiger partial charge in [-0.1, -0.05) is 35.3 Å². The van der Waals surface area contributed by atoms with Crippen LogP contribution in [-0.4, -0.2) is 22.4 Å². The van der Waals surface area contributed by atoms with E-state index in [9.17, 15) is 4.79 Å². The van der Waals surface area contributed by atoms with E-state index < -0.39 is 0 Å². The minimum atomic E-state index is -0.294. The zero-order valence-electron chi connectivity index (χ0n) is 9.94. The molecule has 0 unspecified atom stereocenters. The Morgan fingerprint density at radius 3 is 2.84 bits per heavy atom. The highest BCUT2D eigenvalue weighted by atomic mass is 35.5. The quantitative estimate of drug-likeness (QED) is 0.944.